The molecule has 0 heterocycles. The molecule has 2 aromatic rings. The predicted octanol–water partition coefficient (Wildman–Crippen LogP) is 4.67. The van der Waals surface area contributed by atoms with E-state index < -0.39 is 27.6 Å². The smallest absolute Gasteiger partial charge is 0.442 e. The van der Waals surface area contributed by atoms with Crippen molar-refractivity contribution in [2.24, 2.45) is 4.40 Å². The van der Waals surface area contributed by atoms with E-state index in [-0.39, 0.29) is 0 Å². The zero-order valence-electron chi connectivity index (χ0n) is 14.8. The minimum Gasteiger partial charge on any atom is -0.497 e. The molecule has 0 saturated carbocycles. The van der Waals surface area contributed by atoms with E-state index in [4.69, 9.17) is 4.74 Å². The molecular weight excluding hydrogens is 363 g/mol. The Labute approximate surface area is 152 Å². The first kappa shape index (κ1) is 20.0. The van der Waals surface area contributed by atoms with Gasteiger partial charge in [-0.05, 0) is 61.7 Å². The maximum atomic E-state index is 13.1. The fourth-order valence-corrected chi connectivity index (χ4v) is 2.51. The molecule has 1 atom stereocenters. The van der Waals surface area contributed by atoms with E-state index in [2.05, 4.69) is 10.3 Å². The molecule has 3 nitrogen and oxygen atoms in total. The van der Waals surface area contributed by atoms with Crippen LogP contribution < -0.4 is 4.74 Å². The van der Waals surface area contributed by atoms with Gasteiger partial charge in [0.05, 0.1) is 11.9 Å². The Bertz CT molecular complexity index is 932. The first-order valence-electron chi connectivity index (χ1n) is 7.68. The second-order valence-electron chi connectivity index (χ2n) is 6.48. The van der Waals surface area contributed by atoms with Crippen molar-refractivity contribution >= 4 is 27.5 Å². The van der Waals surface area contributed by atoms with Crippen LogP contribution in [-0.2, 0) is 11.0 Å². The van der Waals surface area contributed by atoms with Gasteiger partial charge in [-0.25, -0.2) is 4.21 Å². The van der Waals surface area contributed by atoms with Crippen molar-refractivity contribution in [1.82, 2.24) is 0 Å². The number of fused-ring (bicyclic) bond motifs is 1. The second-order valence-corrected chi connectivity index (χ2v) is 8.38. The van der Waals surface area contributed by atoms with Gasteiger partial charge < -0.3 is 4.74 Å². The number of methoxy groups -OCH3 is 1. The van der Waals surface area contributed by atoms with Crippen LogP contribution in [0.3, 0.4) is 0 Å². The summed E-state index contributed by atoms with van der Waals surface area (Å²) in [5.74, 6) is 5.17. The van der Waals surface area contributed by atoms with Gasteiger partial charge in [0, 0.05) is 5.56 Å². The molecule has 0 radical (unpaired) electrons. The highest BCUT2D eigenvalue weighted by molar-refractivity contribution is 7.85. The highest BCUT2D eigenvalue weighted by atomic mass is 32.2. The maximum absolute atomic E-state index is 13.1. The van der Waals surface area contributed by atoms with Crippen molar-refractivity contribution in [1.29, 1.82) is 0 Å². The Morgan fingerprint density at radius 1 is 1.08 bits per heavy atom. The molecule has 0 fully saturated rings. The number of nitrogens with zero attached hydrogens (tertiary/aromatic N) is 1. The van der Waals surface area contributed by atoms with Crippen LogP contribution in [0, 0.1) is 11.8 Å². The summed E-state index contributed by atoms with van der Waals surface area (Å²) in [7, 11) is -0.490. The zero-order valence-corrected chi connectivity index (χ0v) is 15.6. The Balaban J connectivity index is 2.41. The van der Waals surface area contributed by atoms with Crippen molar-refractivity contribution in [2.75, 3.05) is 7.11 Å². The third-order valence-electron chi connectivity index (χ3n) is 3.34. The van der Waals surface area contributed by atoms with Crippen LogP contribution in [0.2, 0.25) is 0 Å². The summed E-state index contributed by atoms with van der Waals surface area (Å²) in [5.41, 5.74) is -0.943. The van der Waals surface area contributed by atoms with E-state index in [1.807, 2.05) is 12.0 Å². The summed E-state index contributed by atoms with van der Waals surface area (Å²) < 4.78 is 58.8. The molecule has 0 N–H and O–H groups in total. The largest absolute Gasteiger partial charge is 0.497 e. The second kappa shape index (κ2) is 7.50. The molecule has 0 aliphatic carbocycles. The molecule has 0 aliphatic rings. The van der Waals surface area contributed by atoms with Gasteiger partial charge in [0.15, 0.2) is 0 Å². The van der Waals surface area contributed by atoms with E-state index in [9.17, 15) is 17.4 Å². The first-order chi connectivity index (χ1) is 12.0. The fourth-order valence-electron chi connectivity index (χ4n) is 1.93. The summed E-state index contributed by atoms with van der Waals surface area (Å²) in [4.78, 5) is 0. The SMILES string of the molecule is COc1ccc2cc(C#C/C(=N\[S@@](=O)C(C)(C)C)C(F)(F)F)ccc2c1. The predicted molar refractivity (Wildman–Crippen MR) is 98.8 cm³/mol. The van der Waals surface area contributed by atoms with Gasteiger partial charge in [0.2, 0.25) is 5.71 Å². The third kappa shape index (κ3) is 5.09. The summed E-state index contributed by atoms with van der Waals surface area (Å²) in [6, 6.07) is 10.4. The fraction of sp³-hybridized carbons (Fsp3) is 0.316. The van der Waals surface area contributed by atoms with Gasteiger partial charge in [-0.3, -0.25) is 0 Å². The normalized spacial score (nSPS) is 13.9. The zero-order chi connectivity index (χ0) is 19.5. The number of hydrogen-bond donors (Lipinski definition) is 0. The lowest BCUT2D eigenvalue weighted by Gasteiger charge is -2.14. The molecular formula is C19H18F3NO2S. The van der Waals surface area contributed by atoms with E-state index in [0.717, 1.165) is 10.8 Å². The molecule has 0 aromatic heterocycles. The van der Waals surface area contributed by atoms with Gasteiger partial charge in [0.1, 0.15) is 16.7 Å². The molecule has 138 valence electrons. The minimum absolute atomic E-state index is 0.404. The number of ether oxygens (including phenoxy) is 1. The summed E-state index contributed by atoms with van der Waals surface area (Å²) in [6.45, 7) is 4.64. The number of rotatable bonds is 2. The Morgan fingerprint density at radius 3 is 2.27 bits per heavy atom. The number of halogens is 3. The molecule has 0 bridgehead atoms. The Morgan fingerprint density at radius 2 is 1.69 bits per heavy atom. The third-order valence-corrected chi connectivity index (χ3v) is 4.74. The highest BCUT2D eigenvalue weighted by Gasteiger charge is 2.36. The van der Waals surface area contributed by atoms with Crippen LogP contribution >= 0.6 is 0 Å². The van der Waals surface area contributed by atoms with Crippen LogP contribution in [-0.4, -0.2) is 28.0 Å². The molecule has 0 saturated heterocycles. The molecule has 0 spiro atoms. The van der Waals surface area contributed by atoms with Crippen molar-refractivity contribution in [3.63, 3.8) is 0 Å². The molecule has 2 aromatic carbocycles. The van der Waals surface area contributed by atoms with E-state index in [1.54, 1.807) is 58.2 Å². The molecule has 0 amide bonds. The number of benzene rings is 2. The maximum Gasteiger partial charge on any atom is 0.442 e. The Kier molecular flexibility index (Phi) is 5.77. The van der Waals surface area contributed by atoms with Gasteiger partial charge >= 0.3 is 6.18 Å². The van der Waals surface area contributed by atoms with Gasteiger partial charge in [-0.15, -0.1) is 0 Å². The quantitative estimate of drug-likeness (QED) is 0.560. The molecule has 26 heavy (non-hydrogen) atoms. The van der Waals surface area contributed by atoms with Crippen LogP contribution in [0.15, 0.2) is 40.8 Å². The van der Waals surface area contributed by atoms with Crippen LogP contribution in [0.25, 0.3) is 10.8 Å². The number of hydrogen-bond acceptors (Lipinski definition) is 2. The molecule has 2 rings (SSSR count). The minimum atomic E-state index is -4.77. The standard InChI is InChI=1S/C19H18F3NO2S/c1-18(2,3)26(24)23-17(19(20,21)22)10-6-13-5-7-15-12-16(25-4)9-8-14(15)11-13/h5,7-9,11-12H,1-4H3/b23-17+/t26-/m0/s1. The van der Waals surface area contributed by atoms with Crippen molar-refractivity contribution in [3.05, 3.63) is 42.0 Å². The topological polar surface area (TPSA) is 38.7 Å². The average Bonchev–Trinajstić information content (AvgIpc) is 2.55. The summed E-state index contributed by atoms with van der Waals surface area (Å²) >= 11 is 0. The van der Waals surface area contributed by atoms with Gasteiger partial charge in [-0.2, -0.15) is 17.6 Å². The molecule has 0 unspecified atom stereocenters. The van der Waals surface area contributed by atoms with E-state index in [1.165, 1.54) is 0 Å². The van der Waals surface area contributed by atoms with Crippen molar-refractivity contribution in [2.45, 2.75) is 31.7 Å². The number of alkyl halides is 3. The Hall–Kier alpha value is -2.33. The van der Waals surface area contributed by atoms with Crippen LogP contribution in [0.5, 0.6) is 5.75 Å². The lowest BCUT2D eigenvalue weighted by Crippen LogP contribution is -2.26. The summed E-state index contributed by atoms with van der Waals surface area (Å²) in [6.07, 6.45) is -4.77. The molecule has 0 aliphatic heterocycles. The summed E-state index contributed by atoms with van der Waals surface area (Å²) in [5, 5.41) is 1.70. The van der Waals surface area contributed by atoms with Crippen molar-refractivity contribution < 1.29 is 22.1 Å². The van der Waals surface area contributed by atoms with E-state index in [0.29, 0.717) is 11.3 Å². The van der Waals surface area contributed by atoms with Crippen LogP contribution in [0.1, 0.15) is 26.3 Å². The highest BCUT2D eigenvalue weighted by Crippen LogP contribution is 2.23. The lowest BCUT2D eigenvalue weighted by molar-refractivity contribution is -0.0569. The van der Waals surface area contributed by atoms with Crippen LogP contribution in [0.4, 0.5) is 13.2 Å². The average molecular weight is 381 g/mol. The monoisotopic (exact) mass is 381 g/mol. The van der Waals surface area contributed by atoms with E-state index >= 15 is 0 Å². The first-order valence-corrected chi connectivity index (χ1v) is 8.79. The van der Waals surface area contributed by atoms with Gasteiger partial charge in [-0.1, -0.05) is 18.1 Å². The van der Waals surface area contributed by atoms with Gasteiger partial charge in [0.25, 0.3) is 0 Å². The van der Waals surface area contributed by atoms with Crippen molar-refractivity contribution in [3.8, 4) is 17.6 Å². The molecule has 7 heteroatoms. The lowest BCUT2D eigenvalue weighted by atomic mass is 10.1.